The summed E-state index contributed by atoms with van der Waals surface area (Å²) in [7, 11) is -3.75. The summed E-state index contributed by atoms with van der Waals surface area (Å²) in [5.74, 6) is -0.451. The largest absolute Gasteiger partial charge is 0.279 e. The summed E-state index contributed by atoms with van der Waals surface area (Å²) in [4.78, 5) is 0.115. The van der Waals surface area contributed by atoms with Crippen LogP contribution in [0.1, 0.15) is 11.1 Å². The van der Waals surface area contributed by atoms with E-state index in [1.165, 1.54) is 18.2 Å². The topological polar surface area (TPSA) is 46.2 Å². The van der Waals surface area contributed by atoms with E-state index < -0.39 is 15.8 Å². The summed E-state index contributed by atoms with van der Waals surface area (Å²) in [5, 5.41) is 0. The lowest BCUT2D eigenvalue weighted by Crippen LogP contribution is -2.13. The van der Waals surface area contributed by atoms with Gasteiger partial charge < -0.3 is 0 Å². The van der Waals surface area contributed by atoms with Gasteiger partial charge in [-0.25, -0.2) is 12.8 Å². The molecule has 0 bridgehead atoms. The molecule has 0 fully saturated rings. The van der Waals surface area contributed by atoms with Crippen LogP contribution in [0.3, 0.4) is 0 Å². The molecular formula is C14H13BrFNO2S. The fraction of sp³-hybridized carbons (Fsp3) is 0.143. The number of aryl methyl sites for hydroxylation is 2. The van der Waals surface area contributed by atoms with Crippen molar-refractivity contribution in [2.24, 2.45) is 0 Å². The molecule has 0 unspecified atom stereocenters. The van der Waals surface area contributed by atoms with Crippen LogP contribution in [0.15, 0.2) is 45.8 Å². The Bertz CT molecular complexity index is 760. The minimum Gasteiger partial charge on any atom is -0.279 e. The van der Waals surface area contributed by atoms with Crippen LogP contribution in [0, 0.1) is 19.7 Å². The minimum absolute atomic E-state index is 0.115. The number of hydrogen-bond donors (Lipinski definition) is 1. The first-order valence-corrected chi connectivity index (χ1v) is 8.12. The zero-order chi connectivity index (χ0) is 14.9. The van der Waals surface area contributed by atoms with E-state index in [4.69, 9.17) is 0 Å². The molecule has 0 heterocycles. The van der Waals surface area contributed by atoms with Crippen LogP contribution in [0.2, 0.25) is 0 Å². The van der Waals surface area contributed by atoms with Crippen molar-refractivity contribution in [3.8, 4) is 0 Å². The SMILES string of the molecule is Cc1ccc(S(=O)(=O)Nc2ccc(C)c(F)c2)c(Br)c1. The molecule has 0 saturated carbocycles. The van der Waals surface area contributed by atoms with Crippen molar-refractivity contribution in [2.45, 2.75) is 18.7 Å². The van der Waals surface area contributed by atoms with Crippen molar-refractivity contribution >= 4 is 31.6 Å². The van der Waals surface area contributed by atoms with Crippen molar-refractivity contribution in [3.63, 3.8) is 0 Å². The van der Waals surface area contributed by atoms with E-state index >= 15 is 0 Å². The third-order valence-electron chi connectivity index (χ3n) is 2.80. The molecule has 0 aromatic heterocycles. The van der Waals surface area contributed by atoms with Crippen LogP contribution in [0.4, 0.5) is 10.1 Å². The Morgan fingerprint density at radius 1 is 1.10 bits per heavy atom. The number of benzene rings is 2. The first-order chi connectivity index (χ1) is 9.29. The molecule has 2 aromatic rings. The van der Waals surface area contributed by atoms with Crippen LogP contribution in [0.5, 0.6) is 0 Å². The second-order valence-corrected chi connectivity index (χ2v) is 7.01. The molecular weight excluding hydrogens is 345 g/mol. The Labute approximate surface area is 126 Å². The highest BCUT2D eigenvalue weighted by atomic mass is 79.9. The fourth-order valence-electron chi connectivity index (χ4n) is 1.69. The molecule has 0 amide bonds. The minimum atomic E-state index is -3.75. The van der Waals surface area contributed by atoms with Gasteiger partial charge in [0.2, 0.25) is 0 Å². The Hall–Kier alpha value is -1.40. The summed E-state index contributed by atoms with van der Waals surface area (Å²) < 4.78 is 40.8. The summed E-state index contributed by atoms with van der Waals surface area (Å²) >= 11 is 3.23. The van der Waals surface area contributed by atoms with Crippen LogP contribution in [-0.4, -0.2) is 8.42 Å². The van der Waals surface area contributed by atoms with Crippen molar-refractivity contribution in [2.75, 3.05) is 4.72 Å². The van der Waals surface area contributed by atoms with Gasteiger partial charge in [0.05, 0.1) is 5.69 Å². The first-order valence-electron chi connectivity index (χ1n) is 5.85. The van der Waals surface area contributed by atoms with Gasteiger partial charge in [0, 0.05) is 4.47 Å². The van der Waals surface area contributed by atoms with Crippen LogP contribution in [-0.2, 0) is 10.0 Å². The maximum Gasteiger partial charge on any atom is 0.263 e. The molecule has 0 aliphatic heterocycles. The summed E-state index contributed by atoms with van der Waals surface area (Å²) in [6.45, 7) is 3.48. The Morgan fingerprint density at radius 3 is 2.40 bits per heavy atom. The van der Waals surface area contributed by atoms with E-state index in [0.717, 1.165) is 11.6 Å². The van der Waals surface area contributed by atoms with Gasteiger partial charge in [-0.05, 0) is 65.2 Å². The number of hydrogen-bond acceptors (Lipinski definition) is 2. The first kappa shape index (κ1) is 15.0. The smallest absolute Gasteiger partial charge is 0.263 e. The number of halogens is 2. The Balaban J connectivity index is 2.38. The lowest BCUT2D eigenvalue weighted by Gasteiger charge is -2.10. The van der Waals surface area contributed by atoms with Gasteiger partial charge in [0.25, 0.3) is 10.0 Å². The van der Waals surface area contributed by atoms with E-state index in [1.54, 1.807) is 19.1 Å². The maximum atomic E-state index is 13.4. The number of nitrogens with one attached hydrogen (secondary N) is 1. The van der Waals surface area contributed by atoms with Crippen LogP contribution < -0.4 is 4.72 Å². The normalized spacial score (nSPS) is 11.4. The van der Waals surface area contributed by atoms with Crippen molar-refractivity contribution in [3.05, 3.63) is 57.8 Å². The van der Waals surface area contributed by atoms with Crippen LogP contribution in [0.25, 0.3) is 0 Å². The lowest BCUT2D eigenvalue weighted by atomic mass is 10.2. The maximum absolute atomic E-state index is 13.4. The van der Waals surface area contributed by atoms with E-state index in [9.17, 15) is 12.8 Å². The molecule has 0 aliphatic rings. The molecule has 0 aliphatic carbocycles. The quantitative estimate of drug-likeness (QED) is 0.901. The molecule has 106 valence electrons. The zero-order valence-corrected chi connectivity index (χ0v) is 13.3. The second-order valence-electron chi connectivity index (χ2n) is 4.50. The highest BCUT2D eigenvalue weighted by Crippen LogP contribution is 2.25. The van der Waals surface area contributed by atoms with Crippen molar-refractivity contribution in [1.29, 1.82) is 0 Å². The third kappa shape index (κ3) is 3.19. The second kappa shape index (κ2) is 5.54. The van der Waals surface area contributed by atoms with E-state index in [1.807, 2.05) is 6.92 Å². The number of sulfonamides is 1. The molecule has 2 rings (SSSR count). The fourth-order valence-corrected chi connectivity index (χ4v) is 3.93. The molecule has 3 nitrogen and oxygen atoms in total. The van der Waals surface area contributed by atoms with Gasteiger partial charge in [0.15, 0.2) is 0 Å². The van der Waals surface area contributed by atoms with Crippen molar-refractivity contribution < 1.29 is 12.8 Å². The van der Waals surface area contributed by atoms with Crippen molar-refractivity contribution in [1.82, 2.24) is 0 Å². The third-order valence-corrected chi connectivity index (χ3v) is 5.16. The Kier molecular flexibility index (Phi) is 4.15. The molecule has 2 aromatic carbocycles. The number of rotatable bonds is 3. The monoisotopic (exact) mass is 357 g/mol. The molecule has 1 N–H and O–H groups in total. The average molecular weight is 358 g/mol. The van der Waals surface area contributed by atoms with Crippen LogP contribution >= 0.6 is 15.9 Å². The summed E-state index contributed by atoms with van der Waals surface area (Å²) in [5.41, 5.74) is 1.60. The van der Waals surface area contributed by atoms with E-state index in [0.29, 0.717) is 10.0 Å². The Morgan fingerprint density at radius 2 is 1.80 bits per heavy atom. The molecule has 0 saturated heterocycles. The average Bonchev–Trinajstić information content (AvgIpc) is 2.33. The number of anilines is 1. The van der Waals surface area contributed by atoms with E-state index in [-0.39, 0.29) is 10.6 Å². The molecule has 20 heavy (non-hydrogen) atoms. The highest BCUT2D eigenvalue weighted by Gasteiger charge is 2.18. The summed E-state index contributed by atoms with van der Waals surface area (Å²) in [6, 6.07) is 9.13. The van der Waals surface area contributed by atoms with Gasteiger partial charge in [0.1, 0.15) is 10.7 Å². The van der Waals surface area contributed by atoms with E-state index in [2.05, 4.69) is 20.7 Å². The molecule has 0 spiro atoms. The molecule has 0 radical (unpaired) electrons. The molecule has 0 atom stereocenters. The summed E-state index contributed by atoms with van der Waals surface area (Å²) in [6.07, 6.45) is 0. The van der Waals surface area contributed by atoms with Gasteiger partial charge in [-0.15, -0.1) is 0 Å². The predicted octanol–water partition coefficient (Wildman–Crippen LogP) is 4.01. The predicted molar refractivity (Wildman–Crippen MR) is 80.8 cm³/mol. The van der Waals surface area contributed by atoms with Gasteiger partial charge >= 0.3 is 0 Å². The standard InChI is InChI=1S/C14H13BrFNO2S/c1-9-3-6-14(12(15)7-9)20(18,19)17-11-5-4-10(2)13(16)8-11/h3-8,17H,1-2H3. The van der Waals surface area contributed by atoms with Gasteiger partial charge in [-0.3, -0.25) is 4.72 Å². The van der Waals surface area contributed by atoms with Gasteiger partial charge in [-0.1, -0.05) is 12.1 Å². The highest BCUT2D eigenvalue weighted by molar-refractivity contribution is 9.10. The molecule has 6 heteroatoms. The lowest BCUT2D eigenvalue weighted by molar-refractivity contribution is 0.600. The zero-order valence-electron chi connectivity index (χ0n) is 10.9. The van der Waals surface area contributed by atoms with Gasteiger partial charge in [-0.2, -0.15) is 0 Å².